The molecule has 0 fully saturated rings. The highest BCUT2D eigenvalue weighted by atomic mass is 19.1. The van der Waals surface area contributed by atoms with Crippen LogP contribution in [0.25, 0.3) is 22.2 Å². The number of benzene rings is 1. The molecule has 4 heteroatoms. The Kier molecular flexibility index (Phi) is 3.39. The van der Waals surface area contributed by atoms with E-state index in [-0.39, 0.29) is 0 Å². The smallest absolute Gasteiger partial charge is 0.212 e. The molecule has 0 aliphatic rings. The molecule has 3 rings (SSSR count). The maximum absolute atomic E-state index is 12.9. The van der Waals surface area contributed by atoms with E-state index in [1.165, 1.54) is 18.0 Å². The summed E-state index contributed by atoms with van der Waals surface area (Å²) in [7, 11) is 0. The maximum Gasteiger partial charge on any atom is 0.212 e. The number of nitrogens with two attached hydrogens (primary N) is 1. The fourth-order valence-electron chi connectivity index (χ4n) is 2.26. The first-order chi connectivity index (χ1) is 9.78. The molecule has 100 valence electrons. The van der Waals surface area contributed by atoms with Crippen molar-refractivity contribution in [2.45, 2.75) is 6.92 Å². The van der Waals surface area contributed by atoms with Crippen LogP contribution >= 0.6 is 0 Å². The van der Waals surface area contributed by atoms with Crippen molar-refractivity contribution >= 4 is 16.6 Å². The van der Waals surface area contributed by atoms with Crippen molar-refractivity contribution in [3.8, 4) is 11.3 Å². The Morgan fingerprint density at radius 3 is 2.75 bits per heavy atom. The van der Waals surface area contributed by atoms with Gasteiger partial charge in [-0.25, -0.2) is 9.97 Å². The number of nitrogens with zero attached hydrogens (tertiary/aromatic N) is 2. The molecule has 3 nitrogen and oxygen atoms in total. The van der Waals surface area contributed by atoms with Crippen LogP contribution in [0.2, 0.25) is 0 Å². The van der Waals surface area contributed by atoms with Crippen molar-refractivity contribution in [1.82, 2.24) is 9.97 Å². The molecule has 0 aliphatic carbocycles. The topological polar surface area (TPSA) is 42.4 Å². The number of halogens is 1. The minimum Gasteiger partial charge on any atom is -0.314 e. The van der Waals surface area contributed by atoms with Gasteiger partial charge in [0.05, 0.1) is 23.1 Å². The van der Waals surface area contributed by atoms with Crippen LogP contribution < -0.4 is 5.32 Å². The quantitative estimate of drug-likeness (QED) is 0.586. The average Bonchev–Trinajstić information content (AvgIpc) is 2.48. The van der Waals surface area contributed by atoms with Gasteiger partial charge in [0.25, 0.3) is 0 Å². The zero-order chi connectivity index (χ0) is 13.9. The van der Waals surface area contributed by atoms with Crippen molar-refractivity contribution in [2.24, 2.45) is 0 Å². The highest BCUT2D eigenvalue weighted by molar-refractivity contribution is 5.89. The average molecular weight is 268 g/mol. The van der Waals surface area contributed by atoms with Gasteiger partial charge in [-0.2, -0.15) is 4.39 Å². The molecule has 2 N–H and O–H groups in total. The zero-order valence-corrected chi connectivity index (χ0v) is 11.2. The number of quaternary nitrogens is 1. The number of pyridine rings is 2. The summed E-state index contributed by atoms with van der Waals surface area (Å²) in [5, 5.41) is 3.32. The van der Waals surface area contributed by atoms with Crippen LogP contribution in [0.5, 0.6) is 0 Å². The fourth-order valence-corrected chi connectivity index (χ4v) is 2.26. The predicted molar refractivity (Wildman–Crippen MR) is 77.1 cm³/mol. The van der Waals surface area contributed by atoms with Gasteiger partial charge in [-0.15, -0.1) is 0 Å². The molecule has 0 bridgehead atoms. The standard InChI is InChI=1S/C16H14FN3/c1-2-18-14-4-3-5-15-12(14)7-8-13(20-15)11-6-9-16(17)19-10-11/h3-10,18H,2H2,1H3/p+1. The summed E-state index contributed by atoms with van der Waals surface area (Å²) in [5.74, 6) is -0.477. The van der Waals surface area contributed by atoms with Gasteiger partial charge in [-0.3, -0.25) is 0 Å². The molecule has 0 unspecified atom stereocenters. The van der Waals surface area contributed by atoms with Crippen molar-refractivity contribution in [1.29, 1.82) is 0 Å². The fraction of sp³-hybridized carbons (Fsp3) is 0.125. The number of hydrogen-bond acceptors (Lipinski definition) is 2. The Morgan fingerprint density at radius 2 is 2.00 bits per heavy atom. The number of rotatable bonds is 3. The van der Waals surface area contributed by atoms with E-state index in [0.29, 0.717) is 0 Å². The van der Waals surface area contributed by atoms with Crippen LogP contribution in [0.4, 0.5) is 10.1 Å². The Hall–Kier alpha value is -2.33. The molecule has 0 atom stereocenters. The highest BCUT2D eigenvalue weighted by Crippen LogP contribution is 2.23. The molecular weight excluding hydrogens is 253 g/mol. The first-order valence-electron chi connectivity index (χ1n) is 6.63. The van der Waals surface area contributed by atoms with Crippen LogP contribution in [0.1, 0.15) is 6.92 Å². The zero-order valence-electron chi connectivity index (χ0n) is 11.2. The van der Waals surface area contributed by atoms with Gasteiger partial charge in [0.15, 0.2) is 0 Å². The van der Waals surface area contributed by atoms with Gasteiger partial charge in [-0.1, -0.05) is 6.07 Å². The molecule has 1 aromatic carbocycles. The molecule has 2 aromatic heterocycles. The highest BCUT2D eigenvalue weighted by Gasteiger charge is 2.07. The Morgan fingerprint density at radius 1 is 1.10 bits per heavy atom. The SMILES string of the molecule is CC[NH2+]c1cccc2nc(-c3ccc(F)nc3)ccc12. The summed E-state index contributed by atoms with van der Waals surface area (Å²) in [6.07, 6.45) is 1.51. The normalized spacial score (nSPS) is 10.9. The van der Waals surface area contributed by atoms with E-state index in [1.54, 1.807) is 6.07 Å². The Balaban J connectivity index is 2.09. The van der Waals surface area contributed by atoms with Crippen molar-refractivity contribution in [2.75, 3.05) is 6.54 Å². The lowest BCUT2D eigenvalue weighted by Crippen LogP contribution is -2.77. The second-order valence-corrected chi connectivity index (χ2v) is 4.59. The van der Waals surface area contributed by atoms with E-state index < -0.39 is 5.95 Å². The molecule has 0 spiro atoms. The molecule has 0 saturated carbocycles. The van der Waals surface area contributed by atoms with Crippen LogP contribution in [-0.2, 0) is 0 Å². The predicted octanol–water partition coefficient (Wildman–Crippen LogP) is 2.65. The number of hydrogen-bond donors (Lipinski definition) is 1. The molecule has 3 aromatic rings. The first kappa shape index (κ1) is 12.7. The van der Waals surface area contributed by atoms with Crippen LogP contribution in [0.3, 0.4) is 0 Å². The third-order valence-electron chi connectivity index (χ3n) is 3.21. The minimum atomic E-state index is -0.477. The molecule has 2 heterocycles. The van der Waals surface area contributed by atoms with Gasteiger partial charge >= 0.3 is 0 Å². The van der Waals surface area contributed by atoms with Crippen molar-refractivity contribution in [3.63, 3.8) is 0 Å². The van der Waals surface area contributed by atoms with E-state index in [1.807, 2.05) is 18.2 Å². The van der Waals surface area contributed by atoms with Gasteiger partial charge in [0, 0.05) is 11.8 Å². The second-order valence-electron chi connectivity index (χ2n) is 4.59. The van der Waals surface area contributed by atoms with Crippen LogP contribution in [0, 0.1) is 5.95 Å². The van der Waals surface area contributed by atoms with E-state index in [2.05, 4.69) is 34.3 Å². The van der Waals surface area contributed by atoms with Crippen LogP contribution in [0.15, 0.2) is 48.7 Å². The maximum atomic E-state index is 12.9. The molecule has 0 saturated heterocycles. The minimum absolute atomic E-state index is 0.477. The summed E-state index contributed by atoms with van der Waals surface area (Å²) in [6.45, 7) is 3.10. The van der Waals surface area contributed by atoms with Crippen molar-refractivity contribution < 1.29 is 9.71 Å². The molecule has 0 amide bonds. The Bertz CT molecular complexity index is 738. The van der Waals surface area contributed by atoms with Gasteiger partial charge in [0.2, 0.25) is 5.95 Å². The summed E-state index contributed by atoms with van der Waals surface area (Å²) >= 11 is 0. The largest absolute Gasteiger partial charge is 0.314 e. The molecule has 0 radical (unpaired) electrons. The summed E-state index contributed by atoms with van der Waals surface area (Å²) in [4.78, 5) is 8.31. The molecule has 0 aliphatic heterocycles. The second kappa shape index (κ2) is 5.35. The number of fused-ring (bicyclic) bond motifs is 1. The van der Waals surface area contributed by atoms with Crippen molar-refractivity contribution in [3.05, 3.63) is 54.6 Å². The molecule has 20 heavy (non-hydrogen) atoms. The first-order valence-corrected chi connectivity index (χ1v) is 6.63. The number of aromatic nitrogens is 2. The summed E-state index contributed by atoms with van der Waals surface area (Å²) in [5.41, 5.74) is 3.76. The van der Waals surface area contributed by atoms with E-state index >= 15 is 0 Å². The van der Waals surface area contributed by atoms with E-state index in [4.69, 9.17) is 0 Å². The molecular formula is C16H15FN3+. The third-order valence-corrected chi connectivity index (χ3v) is 3.21. The monoisotopic (exact) mass is 268 g/mol. The van der Waals surface area contributed by atoms with E-state index in [9.17, 15) is 4.39 Å². The Labute approximate surface area is 116 Å². The summed E-state index contributed by atoms with van der Waals surface area (Å²) in [6, 6.07) is 13.1. The lowest BCUT2D eigenvalue weighted by Gasteiger charge is -2.05. The third kappa shape index (κ3) is 2.38. The summed E-state index contributed by atoms with van der Waals surface area (Å²) < 4.78 is 12.9. The van der Waals surface area contributed by atoms with Gasteiger partial charge in [0.1, 0.15) is 5.69 Å². The van der Waals surface area contributed by atoms with E-state index in [0.717, 1.165) is 28.7 Å². The van der Waals surface area contributed by atoms with Gasteiger partial charge in [-0.05, 0) is 43.3 Å². The lowest BCUT2D eigenvalue weighted by molar-refractivity contribution is -0.566. The lowest BCUT2D eigenvalue weighted by atomic mass is 10.1. The van der Waals surface area contributed by atoms with Gasteiger partial charge < -0.3 is 5.32 Å². The van der Waals surface area contributed by atoms with Crippen LogP contribution in [-0.4, -0.2) is 16.5 Å².